The van der Waals surface area contributed by atoms with Crippen LogP contribution in [0.5, 0.6) is 0 Å². The third-order valence-electron chi connectivity index (χ3n) is 5.12. The molecule has 3 aromatic rings. The molecule has 4 rings (SSSR count). The molecule has 2 atom stereocenters. The van der Waals surface area contributed by atoms with Gasteiger partial charge in [-0.3, -0.25) is 9.59 Å². The number of carbonyl (C=O) groups is 2. The van der Waals surface area contributed by atoms with Gasteiger partial charge < -0.3 is 15.0 Å². The van der Waals surface area contributed by atoms with Crippen LogP contribution in [0, 0.1) is 0 Å². The maximum Gasteiger partial charge on any atom is 0.315 e. The number of fused-ring (bicyclic) bond motifs is 2. The minimum atomic E-state index is -0.511. The first kappa shape index (κ1) is 17.6. The SMILES string of the molecule is COC(=O)[C@@H]1c2ccccc2CC[C@@H]1NC(=O)c1cc2cc(Cl)ccc2[nH]1. The van der Waals surface area contributed by atoms with E-state index in [2.05, 4.69) is 10.3 Å². The molecule has 0 fully saturated rings. The highest BCUT2D eigenvalue weighted by molar-refractivity contribution is 6.31. The summed E-state index contributed by atoms with van der Waals surface area (Å²) >= 11 is 6.02. The summed E-state index contributed by atoms with van der Waals surface area (Å²) in [5.74, 6) is -1.10. The Morgan fingerprint density at radius 3 is 2.81 bits per heavy atom. The van der Waals surface area contributed by atoms with E-state index < -0.39 is 5.92 Å². The average molecular weight is 383 g/mol. The highest BCUT2D eigenvalue weighted by Crippen LogP contribution is 2.33. The number of hydrogen-bond acceptors (Lipinski definition) is 3. The van der Waals surface area contributed by atoms with Gasteiger partial charge in [0, 0.05) is 22.0 Å². The first-order valence-electron chi connectivity index (χ1n) is 8.81. The Morgan fingerprint density at radius 1 is 1.19 bits per heavy atom. The van der Waals surface area contributed by atoms with Gasteiger partial charge in [-0.1, -0.05) is 35.9 Å². The second-order valence-electron chi connectivity index (χ2n) is 6.73. The summed E-state index contributed by atoms with van der Waals surface area (Å²) in [6.07, 6.45) is 1.48. The summed E-state index contributed by atoms with van der Waals surface area (Å²) in [5.41, 5.74) is 3.32. The van der Waals surface area contributed by atoms with Gasteiger partial charge in [0.1, 0.15) is 11.6 Å². The van der Waals surface area contributed by atoms with E-state index in [1.807, 2.05) is 30.3 Å². The zero-order chi connectivity index (χ0) is 19.0. The second kappa shape index (κ2) is 7.08. The molecule has 27 heavy (non-hydrogen) atoms. The third-order valence-corrected chi connectivity index (χ3v) is 5.35. The van der Waals surface area contributed by atoms with Crippen molar-refractivity contribution >= 4 is 34.4 Å². The summed E-state index contributed by atoms with van der Waals surface area (Å²) < 4.78 is 5.01. The van der Waals surface area contributed by atoms with Crippen molar-refractivity contribution in [1.82, 2.24) is 10.3 Å². The number of esters is 1. The normalized spacial score (nSPS) is 18.7. The lowest BCUT2D eigenvalue weighted by Gasteiger charge is -2.32. The molecule has 0 spiro atoms. The van der Waals surface area contributed by atoms with Crippen LogP contribution in [0.1, 0.15) is 34.0 Å². The predicted octanol–water partition coefficient (Wildman–Crippen LogP) is 3.82. The zero-order valence-corrected chi connectivity index (χ0v) is 15.5. The third kappa shape index (κ3) is 3.30. The number of nitrogens with one attached hydrogen (secondary N) is 2. The summed E-state index contributed by atoms with van der Waals surface area (Å²) in [6, 6.07) is 14.7. The lowest BCUT2D eigenvalue weighted by Crippen LogP contribution is -2.45. The van der Waals surface area contributed by atoms with E-state index >= 15 is 0 Å². The quantitative estimate of drug-likeness (QED) is 0.676. The molecule has 0 unspecified atom stereocenters. The summed E-state index contributed by atoms with van der Waals surface area (Å²) in [4.78, 5) is 28.4. The minimum Gasteiger partial charge on any atom is -0.468 e. The number of aromatic nitrogens is 1. The number of carbonyl (C=O) groups excluding carboxylic acids is 2. The molecule has 0 saturated heterocycles. The Bertz CT molecular complexity index is 1030. The monoisotopic (exact) mass is 382 g/mol. The summed E-state index contributed by atoms with van der Waals surface area (Å²) in [6.45, 7) is 0. The smallest absolute Gasteiger partial charge is 0.315 e. The number of rotatable bonds is 3. The summed E-state index contributed by atoms with van der Waals surface area (Å²) in [7, 11) is 1.37. The molecule has 0 saturated carbocycles. The maximum absolute atomic E-state index is 12.8. The molecular weight excluding hydrogens is 364 g/mol. The second-order valence-corrected chi connectivity index (χ2v) is 7.17. The van der Waals surface area contributed by atoms with Gasteiger partial charge in [0.2, 0.25) is 0 Å². The molecule has 2 N–H and O–H groups in total. The Balaban J connectivity index is 1.61. The first-order chi connectivity index (χ1) is 13.1. The molecular formula is C21H19ClN2O3. The number of hydrogen-bond donors (Lipinski definition) is 2. The molecule has 5 nitrogen and oxygen atoms in total. The van der Waals surface area contributed by atoms with Crippen LogP contribution in [0.4, 0.5) is 0 Å². The highest BCUT2D eigenvalue weighted by Gasteiger charge is 2.36. The van der Waals surface area contributed by atoms with E-state index in [1.54, 1.807) is 18.2 Å². The van der Waals surface area contributed by atoms with Gasteiger partial charge in [0.05, 0.1) is 7.11 Å². The molecule has 1 aliphatic carbocycles. The van der Waals surface area contributed by atoms with Gasteiger partial charge in [-0.25, -0.2) is 0 Å². The maximum atomic E-state index is 12.8. The van der Waals surface area contributed by atoms with Gasteiger partial charge in [0.25, 0.3) is 5.91 Å². The van der Waals surface area contributed by atoms with Crippen LogP contribution >= 0.6 is 11.6 Å². The van der Waals surface area contributed by atoms with Crippen molar-refractivity contribution < 1.29 is 14.3 Å². The largest absolute Gasteiger partial charge is 0.468 e. The molecule has 1 heterocycles. The van der Waals surface area contributed by atoms with Gasteiger partial charge in [-0.15, -0.1) is 0 Å². The van der Waals surface area contributed by atoms with Crippen molar-refractivity contribution in [1.29, 1.82) is 0 Å². The van der Waals surface area contributed by atoms with Crippen LogP contribution in [0.25, 0.3) is 10.9 Å². The number of halogens is 1. The fourth-order valence-corrected chi connectivity index (χ4v) is 3.99. The molecule has 0 aliphatic heterocycles. The number of amides is 1. The van der Waals surface area contributed by atoms with E-state index in [1.165, 1.54) is 7.11 Å². The van der Waals surface area contributed by atoms with E-state index in [0.717, 1.165) is 28.5 Å². The minimum absolute atomic E-state index is 0.249. The molecule has 138 valence electrons. The van der Waals surface area contributed by atoms with Crippen molar-refractivity contribution in [3.8, 4) is 0 Å². The number of benzene rings is 2. The number of aryl methyl sites for hydroxylation is 1. The predicted molar refractivity (Wildman–Crippen MR) is 104 cm³/mol. The Kier molecular flexibility index (Phi) is 4.62. The fraction of sp³-hybridized carbons (Fsp3) is 0.238. The van der Waals surface area contributed by atoms with Crippen molar-refractivity contribution in [3.05, 3.63) is 70.4 Å². The van der Waals surface area contributed by atoms with Crippen LogP contribution in [0.15, 0.2) is 48.5 Å². The van der Waals surface area contributed by atoms with Crippen LogP contribution in [0.3, 0.4) is 0 Å². The van der Waals surface area contributed by atoms with Crippen LogP contribution in [0.2, 0.25) is 5.02 Å². The molecule has 0 radical (unpaired) electrons. The number of aromatic amines is 1. The lowest BCUT2D eigenvalue weighted by atomic mass is 9.79. The van der Waals surface area contributed by atoms with Crippen molar-refractivity contribution in [2.45, 2.75) is 24.8 Å². The van der Waals surface area contributed by atoms with Crippen molar-refractivity contribution in [3.63, 3.8) is 0 Å². The van der Waals surface area contributed by atoms with E-state index in [-0.39, 0.29) is 17.9 Å². The van der Waals surface area contributed by atoms with E-state index in [4.69, 9.17) is 16.3 Å². The summed E-state index contributed by atoms with van der Waals surface area (Å²) in [5, 5.41) is 4.49. The Morgan fingerprint density at radius 2 is 2.00 bits per heavy atom. The van der Waals surface area contributed by atoms with Gasteiger partial charge in [-0.2, -0.15) is 0 Å². The van der Waals surface area contributed by atoms with Crippen LogP contribution in [-0.2, 0) is 16.0 Å². The molecule has 6 heteroatoms. The molecule has 1 aliphatic rings. The van der Waals surface area contributed by atoms with Crippen LogP contribution < -0.4 is 5.32 Å². The van der Waals surface area contributed by atoms with E-state index in [0.29, 0.717) is 17.1 Å². The number of methoxy groups -OCH3 is 1. The molecule has 2 aromatic carbocycles. The van der Waals surface area contributed by atoms with Crippen LogP contribution in [-0.4, -0.2) is 30.0 Å². The molecule has 0 bridgehead atoms. The number of ether oxygens (including phenoxy) is 1. The lowest BCUT2D eigenvalue weighted by molar-refractivity contribution is -0.143. The topological polar surface area (TPSA) is 71.2 Å². The van der Waals surface area contributed by atoms with Crippen molar-refractivity contribution in [2.75, 3.05) is 7.11 Å². The molecule has 1 amide bonds. The standard InChI is InChI=1S/C21H19ClN2O3/c1-27-21(26)19-15-5-3-2-4-12(15)6-8-17(19)24-20(25)18-11-13-10-14(22)7-9-16(13)23-18/h2-5,7,9-11,17,19,23H,6,8H2,1H3,(H,24,25)/t17-,19+/m0/s1. The highest BCUT2D eigenvalue weighted by atomic mass is 35.5. The number of H-pyrrole nitrogens is 1. The van der Waals surface area contributed by atoms with Gasteiger partial charge >= 0.3 is 5.97 Å². The zero-order valence-electron chi connectivity index (χ0n) is 14.8. The average Bonchev–Trinajstić information content (AvgIpc) is 3.10. The first-order valence-corrected chi connectivity index (χ1v) is 9.19. The van der Waals surface area contributed by atoms with Crippen molar-refractivity contribution in [2.24, 2.45) is 0 Å². The molecule has 1 aromatic heterocycles. The fourth-order valence-electron chi connectivity index (χ4n) is 3.81. The Hall–Kier alpha value is -2.79. The van der Waals surface area contributed by atoms with Gasteiger partial charge in [-0.05, 0) is 48.2 Å². The van der Waals surface area contributed by atoms with Gasteiger partial charge in [0.15, 0.2) is 0 Å². The van der Waals surface area contributed by atoms with E-state index in [9.17, 15) is 9.59 Å². The Labute approximate surface area is 161 Å².